The first-order valence-electron chi connectivity index (χ1n) is 9.77. The zero-order valence-electron chi connectivity index (χ0n) is 16.0. The second-order valence-electron chi connectivity index (χ2n) is 7.39. The van der Waals surface area contributed by atoms with Crippen molar-refractivity contribution in [2.24, 2.45) is 0 Å². The number of rotatable bonds is 4. The van der Waals surface area contributed by atoms with E-state index in [0.29, 0.717) is 23.8 Å². The number of fused-ring (bicyclic) bond motifs is 3. The molecule has 30 heavy (non-hydrogen) atoms. The van der Waals surface area contributed by atoms with Crippen LogP contribution in [0.25, 0.3) is 10.2 Å². The Morgan fingerprint density at radius 3 is 2.60 bits per heavy atom. The van der Waals surface area contributed by atoms with Gasteiger partial charge in [-0.2, -0.15) is 13.2 Å². The highest BCUT2D eigenvalue weighted by atomic mass is 32.1. The van der Waals surface area contributed by atoms with E-state index in [1.165, 1.54) is 16.5 Å². The summed E-state index contributed by atoms with van der Waals surface area (Å²) in [7, 11) is 0. The molecule has 5 rings (SSSR count). The molecule has 0 saturated carbocycles. The van der Waals surface area contributed by atoms with E-state index in [9.17, 15) is 13.2 Å². The largest absolute Gasteiger partial charge is 0.416 e. The first kappa shape index (κ1) is 19.1. The molecule has 0 bridgehead atoms. The Bertz CT molecular complexity index is 1220. The number of anilines is 2. The SMILES string of the molecule is FC(F)(F)c1cccc(Nc2nc(Cc3ccccc3)nc3sc4c(c23)CCC4)c1. The van der Waals surface area contributed by atoms with Crippen LogP contribution in [0.15, 0.2) is 54.6 Å². The van der Waals surface area contributed by atoms with Gasteiger partial charge in [0.15, 0.2) is 0 Å². The molecule has 1 aliphatic carbocycles. The molecule has 0 amide bonds. The monoisotopic (exact) mass is 425 g/mol. The van der Waals surface area contributed by atoms with Crippen LogP contribution in [0, 0.1) is 0 Å². The molecule has 0 unspecified atom stereocenters. The standard InChI is InChI=1S/C23H18F3N3S/c24-23(25,26)15-8-4-9-16(13-15)27-21-20-17-10-5-11-18(17)30-22(20)29-19(28-21)12-14-6-2-1-3-7-14/h1-4,6-9,13H,5,10-12H2,(H,27,28,29). The van der Waals surface area contributed by atoms with Crippen molar-refractivity contribution < 1.29 is 13.2 Å². The van der Waals surface area contributed by atoms with Crippen molar-refractivity contribution in [2.75, 3.05) is 5.32 Å². The number of aryl methyl sites for hydroxylation is 2. The highest BCUT2D eigenvalue weighted by Gasteiger charge is 2.30. The summed E-state index contributed by atoms with van der Waals surface area (Å²) in [5.74, 6) is 1.24. The maximum absolute atomic E-state index is 13.1. The van der Waals surface area contributed by atoms with E-state index < -0.39 is 11.7 Å². The first-order valence-corrected chi connectivity index (χ1v) is 10.6. The summed E-state index contributed by atoms with van der Waals surface area (Å²) >= 11 is 1.67. The van der Waals surface area contributed by atoms with Crippen molar-refractivity contribution in [2.45, 2.75) is 31.9 Å². The van der Waals surface area contributed by atoms with Crippen LogP contribution < -0.4 is 5.32 Å². The third kappa shape index (κ3) is 3.65. The molecule has 152 valence electrons. The van der Waals surface area contributed by atoms with Gasteiger partial charge in [0.25, 0.3) is 0 Å². The number of benzene rings is 2. The molecule has 0 saturated heterocycles. The number of hydrogen-bond donors (Lipinski definition) is 1. The Morgan fingerprint density at radius 1 is 0.967 bits per heavy atom. The molecule has 0 atom stereocenters. The second-order valence-corrected chi connectivity index (χ2v) is 8.48. The van der Waals surface area contributed by atoms with Gasteiger partial charge in [0.1, 0.15) is 16.5 Å². The van der Waals surface area contributed by atoms with Crippen LogP contribution in [-0.2, 0) is 25.4 Å². The maximum atomic E-state index is 13.1. The summed E-state index contributed by atoms with van der Waals surface area (Å²) in [4.78, 5) is 11.7. The van der Waals surface area contributed by atoms with Crippen molar-refractivity contribution in [1.82, 2.24) is 9.97 Å². The number of hydrogen-bond acceptors (Lipinski definition) is 4. The van der Waals surface area contributed by atoms with Crippen LogP contribution >= 0.6 is 11.3 Å². The van der Waals surface area contributed by atoms with Crippen molar-refractivity contribution in [1.29, 1.82) is 0 Å². The molecular weight excluding hydrogens is 407 g/mol. The fourth-order valence-electron chi connectivity index (χ4n) is 3.90. The Labute approximate surface area is 175 Å². The minimum Gasteiger partial charge on any atom is -0.340 e. The number of halogens is 3. The average molecular weight is 425 g/mol. The minimum atomic E-state index is -4.39. The van der Waals surface area contributed by atoms with Gasteiger partial charge in [0, 0.05) is 17.0 Å². The van der Waals surface area contributed by atoms with Crippen molar-refractivity contribution in [3.05, 3.63) is 82.0 Å². The summed E-state index contributed by atoms with van der Waals surface area (Å²) in [6.07, 6.45) is -0.759. The van der Waals surface area contributed by atoms with Crippen LogP contribution in [0.3, 0.4) is 0 Å². The van der Waals surface area contributed by atoms with Crippen LogP contribution in [0.5, 0.6) is 0 Å². The topological polar surface area (TPSA) is 37.8 Å². The van der Waals surface area contributed by atoms with Gasteiger partial charge in [-0.05, 0) is 48.6 Å². The predicted molar refractivity (Wildman–Crippen MR) is 113 cm³/mol. The van der Waals surface area contributed by atoms with Crippen molar-refractivity contribution in [3.8, 4) is 0 Å². The number of thiophene rings is 1. The fraction of sp³-hybridized carbons (Fsp3) is 0.217. The smallest absolute Gasteiger partial charge is 0.340 e. The van der Waals surface area contributed by atoms with Crippen LogP contribution in [0.1, 0.15) is 33.8 Å². The fourth-order valence-corrected chi connectivity index (χ4v) is 5.18. The summed E-state index contributed by atoms with van der Waals surface area (Å²) in [5, 5.41) is 4.10. The lowest BCUT2D eigenvalue weighted by Gasteiger charge is -2.12. The van der Waals surface area contributed by atoms with Gasteiger partial charge in [-0.25, -0.2) is 9.97 Å². The molecule has 0 aliphatic heterocycles. The van der Waals surface area contributed by atoms with Crippen LogP contribution in [0.4, 0.5) is 24.7 Å². The lowest BCUT2D eigenvalue weighted by molar-refractivity contribution is -0.137. The highest BCUT2D eigenvalue weighted by Crippen LogP contribution is 2.40. The molecule has 2 aromatic heterocycles. The molecule has 4 aromatic rings. The Hall–Kier alpha value is -2.93. The lowest BCUT2D eigenvalue weighted by atomic mass is 10.1. The zero-order valence-corrected chi connectivity index (χ0v) is 16.8. The van der Waals surface area contributed by atoms with Gasteiger partial charge in [0.2, 0.25) is 0 Å². The molecule has 1 N–H and O–H groups in total. The van der Waals surface area contributed by atoms with Crippen LogP contribution in [-0.4, -0.2) is 9.97 Å². The summed E-state index contributed by atoms with van der Waals surface area (Å²) in [5.41, 5.74) is 2.01. The minimum absolute atomic E-state index is 0.369. The van der Waals surface area contributed by atoms with Crippen LogP contribution in [0.2, 0.25) is 0 Å². The first-order chi connectivity index (χ1) is 14.5. The number of aromatic nitrogens is 2. The summed E-state index contributed by atoms with van der Waals surface area (Å²) < 4.78 is 39.4. The average Bonchev–Trinajstić information content (AvgIpc) is 3.29. The lowest BCUT2D eigenvalue weighted by Crippen LogP contribution is -2.06. The number of nitrogens with one attached hydrogen (secondary N) is 1. The molecule has 3 nitrogen and oxygen atoms in total. The normalized spacial score (nSPS) is 13.6. The van der Waals surface area contributed by atoms with E-state index in [1.54, 1.807) is 17.4 Å². The molecule has 0 radical (unpaired) electrons. The van der Waals surface area contributed by atoms with E-state index >= 15 is 0 Å². The third-order valence-electron chi connectivity index (χ3n) is 5.27. The van der Waals surface area contributed by atoms with E-state index in [4.69, 9.17) is 9.97 Å². The molecule has 0 fully saturated rings. The van der Waals surface area contributed by atoms with E-state index in [-0.39, 0.29) is 0 Å². The molecule has 2 aromatic carbocycles. The molecule has 1 aliphatic rings. The maximum Gasteiger partial charge on any atom is 0.416 e. The number of nitrogens with zero attached hydrogens (tertiary/aromatic N) is 2. The Kier molecular flexibility index (Phi) is 4.70. The molecule has 0 spiro atoms. The van der Waals surface area contributed by atoms with Gasteiger partial charge in [-0.3, -0.25) is 0 Å². The number of alkyl halides is 3. The molecule has 2 heterocycles. The van der Waals surface area contributed by atoms with Gasteiger partial charge >= 0.3 is 6.18 Å². The van der Waals surface area contributed by atoms with Gasteiger partial charge < -0.3 is 5.32 Å². The molecular formula is C23H18F3N3S. The highest BCUT2D eigenvalue weighted by molar-refractivity contribution is 7.19. The predicted octanol–water partition coefficient (Wildman–Crippen LogP) is 6.53. The van der Waals surface area contributed by atoms with E-state index in [2.05, 4.69) is 5.32 Å². The summed E-state index contributed by atoms with van der Waals surface area (Å²) in [6.45, 7) is 0. The zero-order chi connectivity index (χ0) is 20.7. The van der Waals surface area contributed by atoms with Gasteiger partial charge in [0.05, 0.1) is 10.9 Å². The second kappa shape index (κ2) is 7.40. The van der Waals surface area contributed by atoms with Crippen molar-refractivity contribution in [3.63, 3.8) is 0 Å². The van der Waals surface area contributed by atoms with Gasteiger partial charge in [-0.1, -0.05) is 36.4 Å². The Morgan fingerprint density at radius 2 is 1.80 bits per heavy atom. The summed E-state index contributed by atoms with van der Waals surface area (Å²) in [6, 6.07) is 15.2. The quantitative estimate of drug-likeness (QED) is 0.404. The Balaban J connectivity index is 1.59. The van der Waals surface area contributed by atoms with E-state index in [1.807, 2.05) is 30.3 Å². The van der Waals surface area contributed by atoms with Crippen molar-refractivity contribution >= 4 is 33.1 Å². The van der Waals surface area contributed by atoms with E-state index in [0.717, 1.165) is 47.2 Å². The van der Waals surface area contributed by atoms with Gasteiger partial charge in [-0.15, -0.1) is 11.3 Å². The molecule has 7 heteroatoms. The third-order valence-corrected chi connectivity index (χ3v) is 6.45.